The number of rotatable bonds is 4. The van der Waals surface area contributed by atoms with E-state index in [1.807, 2.05) is 26.0 Å². The van der Waals surface area contributed by atoms with Crippen LogP contribution in [0.2, 0.25) is 0 Å². The third kappa shape index (κ3) is 3.79. The standard InChI is InChI=1S/C21H24N2O4/c1-13-10-18(19(24)22(3)14(13)2)20(25)23-9-8-16(12-23)11-15-4-6-17(7-5-15)21(26)27/h4-7,10,16H,8-9,11-12H2,1-3H3,(H,26,27)/t16-/m1/s1. The summed E-state index contributed by atoms with van der Waals surface area (Å²) in [4.78, 5) is 38.0. The van der Waals surface area contributed by atoms with Crippen molar-refractivity contribution in [3.05, 3.63) is 68.6 Å². The Morgan fingerprint density at radius 2 is 1.85 bits per heavy atom. The van der Waals surface area contributed by atoms with Gasteiger partial charge >= 0.3 is 5.97 Å². The van der Waals surface area contributed by atoms with Crippen molar-refractivity contribution in [1.29, 1.82) is 0 Å². The maximum absolute atomic E-state index is 12.8. The fourth-order valence-corrected chi connectivity index (χ4v) is 3.60. The summed E-state index contributed by atoms with van der Waals surface area (Å²) in [5.41, 5.74) is 3.09. The number of amides is 1. The largest absolute Gasteiger partial charge is 0.478 e. The number of carboxylic acids is 1. The molecule has 3 rings (SSSR count). The molecule has 1 atom stereocenters. The van der Waals surface area contributed by atoms with Gasteiger partial charge in [0, 0.05) is 25.8 Å². The Balaban J connectivity index is 1.70. The number of aryl methyl sites for hydroxylation is 1. The van der Waals surface area contributed by atoms with Crippen LogP contribution >= 0.6 is 0 Å². The van der Waals surface area contributed by atoms with Gasteiger partial charge in [-0.3, -0.25) is 9.59 Å². The molecule has 6 nitrogen and oxygen atoms in total. The summed E-state index contributed by atoms with van der Waals surface area (Å²) in [7, 11) is 1.69. The minimum atomic E-state index is -0.936. The van der Waals surface area contributed by atoms with Gasteiger partial charge < -0.3 is 14.6 Å². The first-order chi connectivity index (χ1) is 12.8. The highest BCUT2D eigenvalue weighted by molar-refractivity contribution is 5.94. The second-order valence-corrected chi connectivity index (χ2v) is 7.30. The van der Waals surface area contributed by atoms with Crippen LogP contribution in [0.3, 0.4) is 0 Å². The van der Waals surface area contributed by atoms with E-state index in [2.05, 4.69) is 0 Å². The number of hydrogen-bond donors (Lipinski definition) is 1. The normalized spacial score (nSPS) is 16.6. The Labute approximate surface area is 158 Å². The number of aromatic carboxylic acids is 1. The van der Waals surface area contributed by atoms with Gasteiger partial charge in [0.05, 0.1) is 5.56 Å². The number of likely N-dealkylation sites (tertiary alicyclic amines) is 1. The molecule has 2 aromatic rings. The number of carboxylic acid groups (broad SMARTS) is 1. The predicted octanol–water partition coefficient (Wildman–Crippen LogP) is 2.41. The first-order valence-electron chi connectivity index (χ1n) is 9.06. The van der Waals surface area contributed by atoms with Gasteiger partial charge in [0.15, 0.2) is 0 Å². The van der Waals surface area contributed by atoms with Gasteiger partial charge in [-0.05, 0) is 61.9 Å². The number of hydrogen-bond acceptors (Lipinski definition) is 3. The van der Waals surface area contributed by atoms with Crippen molar-refractivity contribution in [2.45, 2.75) is 26.7 Å². The second-order valence-electron chi connectivity index (χ2n) is 7.30. The van der Waals surface area contributed by atoms with Gasteiger partial charge in [0.2, 0.25) is 0 Å². The molecule has 1 aliphatic rings. The molecule has 1 saturated heterocycles. The van der Waals surface area contributed by atoms with Crippen molar-refractivity contribution >= 4 is 11.9 Å². The highest BCUT2D eigenvalue weighted by Gasteiger charge is 2.29. The lowest BCUT2D eigenvalue weighted by molar-refractivity contribution is 0.0696. The van der Waals surface area contributed by atoms with Crippen LogP contribution in [0.25, 0.3) is 0 Å². The van der Waals surface area contributed by atoms with Crippen LogP contribution in [0.5, 0.6) is 0 Å². The Kier molecular flexibility index (Phi) is 5.17. The van der Waals surface area contributed by atoms with Crippen LogP contribution in [0, 0.1) is 19.8 Å². The third-order valence-corrected chi connectivity index (χ3v) is 5.50. The van der Waals surface area contributed by atoms with Crippen LogP contribution in [-0.4, -0.2) is 39.5 Å². The first kappa shape index (κ1) is 18.9. The number of pyridine rings is 1. The molecule has 1 aromatic carbocycles. The number of carbonyl (C=O) groups excluding carboxylic acids is 1. The molecule has 0 radical (unpaired) electrons. The molecule has 0 aliphatic carbocycles. The molecule has 142 valence electrons. The maximum Gasteiger partial charge on any atom is 0.335 e. The van der Waals surface area contributed by atoms with Crippen molar-refractivity contribution < 1.29 is 14.7 Å². The van der Waals surface area contributed by atoms with E-state index in [0.717, 1.165) is 29.7 Å². The lowest BCUT2D eigenvalue weighted by Gasteiger charge is -2.18. The summed E-state index contributed by atoms with van der Waals surface area (Å²) in [6.07, 6.45) is 1.66. The molecule has 1 fully saturated rings. The molecule has 0 unspecified atom stereocenters. The van der Waals surface area contributed by atoms with E-state index in [1.165, 1.54) is 4.57 Å². The maximum atomic E-state index is 12.8. The van der Waals surface area contributed by atoms with Gasteiger partial charge in [0.25, 0.3) is 11.5 Å². The molecule has 0 bridgehead atoms. The summed E-state index contributed by atoms with van der Waals surface area (Å²) < 4.78 is 1.53. The zero-order chi connectivity index (χ0) is 19.7. The minimum Gasteiger partial charge on any atom is -0.478 e. The van der Waals surface area contributed by atoms with Crippen molar-refractivity contribution in [2.75, 3.05) is 13.1 Å². The average molecular weight is 368 g/mol. The van der Waals surface area contributed by atoms with Gasteiger partial charge in [0.1, 0.15) is 5.56 Å². The van der Waals surface area contributed by atoms with Crippen molar-refractivity contribution in [3.8, 4) is 0 Å². The number of benzene rings is 1. The molecule has 1 aromatic heterocycles. The minimum absolute atomic E-state index is 0.206. The molecule has 6 heteroatoms. The fourth-order valence-electron chi connectivity index (χ4n) is 3.60. The molecular weight excluding hydrogens is 344 g/mol. The summed E-state index contributed by atoms with van der Waals surface area (Å²) >= 11 is 0. The quantitative estimate of drug-likeness (QED) is 0.899. The van der Waals surface area contributed by atoms with Gasteiger partial charge in [-0.1, -0.05) is 12.1 Å². The van der Waals surface area contributed by atoms with Crippen molar-refractivity contribution in [3.63, 3.8) is 0 Å². The number of nitrogens with zero attached hydrogens (tertiary/aromatic N) is 2. The van der Waals surface area contributed by atoms with Crippen LogP contribution in [0.1, 0.15) is 44.0 Å². The van der Waals surface area contributed by atoms with Gasteiger partial charge in [-0.25, -0.2) is 4.79 Å². The Morgan fingerprint density at radius 1 is 1.19 bits per heavy atom. The van der Waals surface area contributed by atoms with Crippen LogP contribution < -0.4 is 5.56 Å². The average Bonchev–Trinajstić information content (AvgIpc) is 3.11. The second kappa shape index (κ2) is 7.39. The summed E-state index contributed by atoms with van der Waals surface area (Å²) in [5.74, 6) is -0.836. The van der Waals surface area contributed by atoms with Gasteiger partial charge in [-0.2, -0.15) is 0 Å². The summed E-state index contributed by atoms with van der Waals surface area (Å²) in [5, 5.41) is 8.97. The zero-order valence-corrected chi connectivity index (χ0v) is 15.9. The predicted molar refractivity (Wildman–Crippen MR) is 102 cm³/mol. The lowest BCUT2D eigenvalue weighted by atomic mass is 9.98. The van der Waals surface area contributed by atoms with Crippen LogP contribution in [0.4, 0.5) is 0 Å². The Morgan fingerprint density at radius 3 is 2.48 bits per heavy atom. The number of carbonyl (C=O) groups is 2. The SMILES string of the molecule is Cc1cc(C(=O)N2CC[C@H](Cc3ccc(C(=O)O)cc3)C2)c(=O)n(C)c1C. The summed E-state index contributed by atoms with van der Waals surface area (Å²) in [6, 6.07) is 8.56. The Bertz CT molecular complexity index is 944. The van der Waals surface area contributed by atoms with Crippen molar-refractivity contribution in [2.24, 2.45) is 13.0 Å². The van der Waals surface area contributed by atoms with Crippen LogP contribution in [-0.2, 0) is 13.5 Å². The van der Waals surface area contributed by atoms with E-state index >= 15 is 0 Å². The van der Waals surface area contributed by atoms with E-state index in [4.69, 9.17) is 5.11 Å². The van der Waals surface area contributed by atoms with E-state index < -0.39 is 5.97 Å². The fraction of sp³-hybridized carbons (Fsp3) is 0.381. The van der Waals surface area contributed by atoms with E-state index in [9.17, 15) is 14.4 Å². The molecule has 1 amide bonds. The third-order valence-electron chi connectivity index (χ3n) is 5.50. The lowest BCUT2D eigenvalue weighted by Crippen LogP contribution is -2.35. The molecule has 0 spiro atoms. The zero-order valence-electron chi connectivity index (χ0n) is 15.9. The molecule has 27 heavy (non-hydrogen) atoms. The smallest absolute Gasteiger partial charge is 0.335 e. The summed E-state index contributed by atoms with van der Waals surface area (Å²) in [6.45, 7) is 5.01. The molecular formula is C21H24N2O4. The monoisotopic (exact) mass is 368 g/mol. The van der Waals surface area contributed by atoms with E-state index in [1.54, 1.807) is 30.1 Å². The van der Waals surface area contributed by atoms with E-state index in [0.29, 0.717) is 19.0 Å². The van der Waals surface area contributed by atoms with E-state index in [-0.39, 0.29) is 22.6 Å². The topological polar surface area (TPSA) is 79.6 Å². The highest BCUT2D eigenvalue weighted by Crippen LogP contribution is 2.22. The number of aromatic nitrogens is 1. The van der Waals surface area contributed by atoms with Gasteiger partial charge in [-0.15, -0.1) is 0 Å². The molecule has 1 aliphatic heterocycles. The molecule has 2 heterocycles. The van der Waals surface area contributed by atoms with Crippen LogP contribution in [0.15, 0.2) is 35.1 Å². The van der Waals surface area contributed by atoms with Crippen molar-refractivity contribution in [1.82, 2.24) is 9.47 Å². The molecule has 1 N–H and O–H groups in total. The highest BCUT2D eigenvalue weighted by atomic mass is 16.4. The molecule has 0 saturated carbocycles. The Hall–Kier alpha value is -2.89. The first-order valence-corrected chi connectivity index (χ1v) is 9.06.